The maximum absolute atomic E-state index is 13.4. The molecule has 0 radical (unpaired) electrons. The lowest BCUT2D eigenvalue weighted by atomic mass is 9.90. The first-order valence-electron chi connectivity index (χ1n) is 11.1. The van der Waals surface area contributed by atoms with Gasteiger partial charge in [0.2, 0.25) is 5.91 Å². The number of carbonyl (C=O) groups is 1. The van der Waals surface area contributed by atoms with Gasteiger partial charge in [-0.2, -0.15) is 5.10 Å². The van der Waals surface area contributed by atoms with Crippen molar-refractivity contribution in [3.63, 3.8) is 0 Å². The summed E-state index contributed by atoms with van der Waals surface area (Å²) in [4.78, 5) is 29.0. The minimum atomic E-state index is -0.242. The quantitative estimate of drug-likeness (QED) is 0.461. The van der Waals surface area contributed by atoms with Gasteiger partial charge in [-0.1, -0.05) is 77.9 Å². The van der Waals surface area contributed by atoms with Crippen LogP contribution in [0, 0.1) is 13.8 Å². The maximum Gasteiger partial charge on any atom is 0.258 e. The highest BCUT2D eigenvalue weighted by Gasteiger charge is 2.34. The number of para-hydroxylation sites is 1. The minimum absolute atomic E-state index is 0.148. The molecule has 1 atom stereocenters. The van der Waals surface area contributed by atoms with Crippen LogP contribution >= 0.6 is 0 Å². The summed E-state index contributed by atoms with van der Waals surface area (Å²) in [5.41, 5.74) is 6.81. The zero-order valence-electron chi connectivity index (χ0n) is 18.9. The Morgan fingerprint density at radius 1 is 0.939 bits per heavy atom. The topological polar surface area (TPSA) is 65.5 Å². The summed E-state index contributed by atoms with van der Waals surface area (Å²) in [6.07, 6.45) is 0.476. The van der Waals surface area contributed by atoms with Crippen LogP contribution in [0.5, 0.6) is 0 Å². The molecule has 5 heteroatoms. The number of aromatic nitrogens is 1. The Kier molecular flexibility index (Phi) is 5.17. The zero-order valence-corrected chi connectivity index (χ0v) is 18.9. The van der Waals surface area contributed by atoms with Gasteiger partial charge in [0.1, 0.15) is 0 Å². The molecular formula is C28H25N3O2. The highest BCUT2D eigenvalue weighted by atomic mass is 16.2. The van der Waals surface area contributed by atoms with E-state index in [4.69, 9.17) is 5.10 Å². The molecule has 1 aromatic heterocycles. The molecule has 0 fully saturated rings. The first kappa shape index (κ1) is 20.9. The molecule has 1 aliphatic heterocycles. The predicted octanol–water partition coefficient (Wildman–Crippen LogP) is 5.51. The third-order valence-electron chi connectivity index (χ3n) is 6.21. The van der Waals surface area contributed by atoms with Gasteiger partial charge in [-0.05, 0) is 31.0 Å². The Bertz CT molecular complexity index is 1470. The van der Waals surface area contributed by atoms with E-state index in [-0.39, 0.29) is 17.5 Å². The fourth-order valence-electron chi connectivity index (χ4n) is 4.63. The van der Waals surface area contributed by atoms with E-state index < -0.39 is 0 Å². The van der Waals surface area contributed by atoms with Gasteiger partial charge in [0.15, 0.2) is 0 Å². The van der Waals surface area contributed by atoms with Gasteiger partial charge in [0.05, 0.1) is 17.3 Å². The van der Waals surface area contributed by atoms with Crippen molar-refractivity contribution in [1.29, 1.82) is 0 Å². The molecule has 0 saturated heterocycles. The Morgan fingerprint density at radius 2 is 1.70 bits per heavy atom. The van der Waals surface area contributed by atoms with E-state index in [1.165, 1.54) is 11.9 Å². The van der Waals surface area contributed by atoms with E-state index in [9.17, 15) is 9.59 Å². The molecule has 0 aliphatic carbocycles. The maximum atomic E-state index is 13.4. The number of H-pyrrole nitrogens is 1. The molecule has 5 rings (SSSR count). The number of benzene rings is 3. The molecule has 164 valence electrons. The smallest absolute Gasteiger partial charge is 0.258 e. The Hall–Kier alpha value is -3.99. The lowest BCUT2D eigenvalue weighted by molar-refractivity contribution is -0.130. The van der Waals surface area contributed by atoms with Gasteiger partial charge in [0, 0.05) is 29.8 Å². The number of hydrogen-bond donors (Lipinski definition) is 1. The molecule has 3 aromatic carbocycles. The molecule has 0 unspecified atom stereocenters. The van der Waals surface area contributed by atoms with Crippen molar-refractivity contribution >= 4 is 22.5 Å². The average Bonchev–Trinajstić information content (AvgIpc) is 3.24. The largest absolute Gasteiger partial charge is 0.321 e. The molecule has 0 saturated carbocycles. The van der Waals surface area contributed by atoms with Crippen molar-refractivity contribution in [2.75, 3.05) is 0 Å². The number of pyridine rings is 1. The van der Waals surface area contributed by atoms with Crippen LogP contribution in [0.15, 0.2) is 82.7 Å². The van der Waals surface area contributed by atoms with E-state index in [1.54, 1.807) is 0 Å². The number of rotatable bonds is 3. The standard InChI is InChI=1S/C28H25N3O2/c1-17-11-13-20(14-12-17)26-22-9-4-5-10-23(22)29-28(33)27(26)24-16-25(31(30-24)19(3)32)21-8-6-7-18(2)15-21/h4-15,25H,16H2,1-3H3,(H,29,33)/t25-/m0/s1. The van der Waals surface area contributed by atoms with Crippen molar-refractivity contribution in [2.24, 2.45) is 5.10 Å². The number of nitrogens with zero attached hydrogens (tertiary/aromatic N) is 2. The second kappa shape index (κ2) is 8.17. The normalized spacial score (nSPS) is 15.7. The Morgan fingerprint density at radius 3 is 2.42 bits per heavy atom. The number of carbonyl (C=O) groups excluding carboxylic acids is 1. The highest BCUT2D eigenvalue weighted by molar-refractivity contribution is 6.12. The molecule has 1 amide bonds. The molecule has 4 aromatic rings. The van der Waals surface area contributed by atoms with Gasteiger partial charge in [0.25, 0.3) is 5.56 Å². The first-order chi connectivity index (χ1) is 15.9. The number of aromatic amines is 1. The van der Waals surface area contributed by atoms with Crippen molar-refractivity contribution in [3.8, 4) is 11.1 Å². The van der Waals surface area contributed by atoms with E-state index in [2.05, 4.69) is 11.1 Å². The van der Waals surface area contributed by atoms with Crippen LogP contribution < -0.4 is 5.56 Å². The van der Waals surface area contributed by atoms with Crippen LogP contribution in [0.25, 0.3) is 22.0 Å². The first-order valence-corrected chi connectivity index (χ1v) is 11.1. The number of nitrogens with one attached hydrogen (secondary N) is 1. The fraction of sp³-hybridized carbons (Fsp3) is 0.179. The van der Waals surface area contributed by atoms with Crippen LogP contribution in [0.1, 0.15) is 41.6 Å². The van der Waals surface area contributed by atoms with Gasteiger partial charge >= 0.3 is 0 Å². The molecule has 5 nitrogen and oxygen atoms in total. The van der Waals surface area contributed by atoms with Gasteiger partial charge < -0.3 is 4.98 Å². The number of amides is 1. The van der Waals surface area contributed by atoms with Crippen molar-refractivity contribution in [2.45, 2.75) is 33.2 Å². The van der Waals surface area contributed by atoms with Crippen molar-refractivity contribution in [1.82, 2.24) is 9.99 Å². The van der Waals surface area contributed by atoms with Crippen LogP contribution in [0.2, 0.25) is 0 Å². The van der Waals surface area contributed by atoms with Crippen LogP contribution in [-0.2, 0) is 4.79 Å². The number of aryl methyl sites for hydroxylation is 2. The molecular weight excluding hydrogens is 410 g/mol. The Balaban J connectivity index is 1.73. The third-order valence-corrected chi connectivity index (χ3v) is 6.21. The lowest BCUT2D eigenvalue weighted by Gasteiger charge is -2.20. The van der Waals surface area contributed by atoms with Gasteiger partial charge in [-0.15, -0.1) is 0 Å². The molecule has 1 aliphatic rings. The summed E-state index contributed by atoms with van der Waals surface area (Å²) in [7, 11) is 0. The van der Waals surface area contributed by atoms with Crippen molar-refractivity contribution < 1.29 is 4.79 Å². The second-order valence-corrected chi connectivity index (χ2v) is 8.66. The van der Waals surface area contributed by atoms with E-state index in [0.717, 1.165) is 38.7 Å². The lowest BCUT2D eigenvalue weighted by Crippen LogP contribution is -2.24. The molecule has 0 spiro atoms. The average molecular weight is 436 g/mol. The second-order valence-electron chi connectivity index (χ2n) is 8.66. The SMILES string of the molecule is CC(=O)N1N=C(c2c(-c3ccc(C)cc3)c3ccccc3[nH]c2=O)C[C@H]1c1cccc(C)c1. The third kappa shape index (κ3) is 3.76. The molecule has 1 N–H and O–H groups in total. The summed E-state index contributed by atoms with van der Waals surface area (Å²) in [6.45, 7) is 5.58. The molecule has 0 bridgehead atoms. The highest BCUT2D eigenvalue weighted by Crippen LogP contribution is 2.37. The van der Waals surface area contributed by atoms with Crippen LogP contribution in [0.4, 0.5) is 0 Å². The summed E-state index contributed by atoms with van der Waals surface area (Å²) in [5, 5.41) is 7.16. The summed E-state index contributed by atoms with van der Waals surface area (Å²) in [6, 6.07) is 23.8. The van der Waals surface area contributed by atoms with E-state index >= 15 is 0 Å². The van der Waals surface area contributed by atoms with Gasteiger partial charge in [-0.3, -0.25) is 9.59 Å². The minimum Gasteiger partial charge on any atom is -0.321 e. The monoisotopic (exact) mass is 435 g/mol. The number of hydrogen-bond acceptors (Lipinski definition) is 3. The van der Waals surface area contributed by atoms with E-state index in [0.29, 0.717) is 17.7 Å². The number of hydrazone groups is 1. The molecule has 33 heavy (non-hydrogen) atoms. The van der Waals surface area contributed by atoms with Gasteiger partial charge in [-0.25, -0.2) is 5.01 Å². The van der Waals surface area contributed by atoms with E-state index in [1.807, 2.05) is 80.6 Å². The zero-order chi connectivity index (χ0) is 23.1. The summed E-state index contributed by atoms with van der Waals surface area (Å²) < 4.78 is 0. The van der Waals surface area contributed by atoms with Crippen LogP contribution in [0.3, 0.4) is 0 Å². The predicted molar refractivity (Wildman–Crippen MR) is 132 cm³/mol. The Labute approximate surface area is 192 Å². The fourth-order valence-corrected chi connectivity index (χ4v) is 4.63. The summed E-state index contributed by atoms with van der Waals surface area (Å²) >= 11 is 0. The number of fused-ring (bicyclic) bond motifs is 1. The molecule has 2 heterocycles. The summed E-state index contributed by atoms with van der Waals surface area (Å²) in [5.74, 6) is -0.148. The van der Waals surface area contributed by atoms with Crippen molar-refractivity contribution in [3.05, 3.63) is 105 Å². The van der Waals surface area contributed by atoms with Crippen LogP contribution in [-0.4, -0.2) is 21.6 Å².